The molecule has 0 N–H and O–H groups in total. The average molecular weight is 177 g/mol. The highest BCUT2D eigenvalue weighted by Crippen LogP contribution is 1.97. The molecule has 1 rings (SSSR count). The van der Waals surface area contributed by atoms with E-state index in [1.54, 1.807) is 18.3 Å². The molecule has 0 unspecified atom stereocenters. The van der Waals surface area contributed by atoms with Crippen LogP contribution in [0.5, 0.6) is 0 Å². The minimum Gasteiger partial charge on any atom is -0.358 e. The third kappa shape index (κ3) is 2.50. The molecule has 66 valence electrons. The number of nitrogens with zero attached hydrogens (tertiary/aromatic N) is 3. The van der Waals surface area contributed by atoms with E-state index in [2.05, 4.69) is 14.5 Å². The monoisotopic (exact) mass is 177 g/mol. The molecule has 0 spiro atoms. The van der Waals surface area contributed by atoms with Gasteiger partial charge in [-0.15, -0.1) is 4.79 Å². The van der Waals surface area contributed by atoms with Gasteiger partial charge in [-0.05, 0) is 12.1 Å². The van der Waals surface area contributed by atoms with Crippen LogP contribution < -0.4 is 0 Å². The van der Waals surface area contributed by atoms with Crippen LogP contribution in [0, 0.1) is 0 Å². The van der Waals surface area contributed by atoms with Gasteiger partial charge in [0.15, 0.2) is 0 Å². The van der Waals surface area contributed by atoms with Crippen molar-refractivity contribution in [1.29, 1.82) is 0 Å². The first-order chi connectivity index (χ1) is 6.24. The molecule has 1 aromatic rings. The molecule has 0 saturated carbocycles. The largest absolute Gasteiger partial charge is 0.491 e. The number of esters is 1. The standard InChI is InChI=1S/C8H7N3O2/c1-6(12)13-8(11-9)7-3-2-4-10-5-7/h2-5H,1H3. The SMILES string of the molecule is CC(=O)OC(=[N+]=[N-])c1cccnc1. The van der Waals surface area contributed by atoms with Crippen molar-refractivity contribution in [3.05, 3.63) is 35.6 Å². The van der Waals surface area contributed by atoms with E-state index >= 15 is 0 Å². The van der Waals surface area contributed by atoms with Crippen LogP contribution in [0.4, 0.5) is 0 Å². The maximum atomic E-state index is 10.6. The summed E-state index contributed by atoms with van der Waals surface area (Å²) in [6.07, 6.45) is 2.99. The van der Waals surface area contributed by atoms with Crippen molar-refractivity contribution in [2.45, 2.75) is 6.92 Å². The predicted molar refractivity (Wildman–Crippen MR) is 43.7 cm³/mol. The Morgan fingerprint density at radius 2 is 2.46 bits per heavy atom. The van der Waals surface area contributed by atoms with E-state index in [9.17, 15) is 4.79 Å². The number of carbonyl (C=O) groups excluding carboxylic acids is 1. The Hall–Kier alpha value is -2.00. The maximum absolute atomic E-state index is 10.6. The summed E-state index contributed by atoms with van der Waals surface area (Å²) >= 11 is 0. The molecule has 0 saturated heterocycles. The lowest BCUT2D eigenvalue weighted by atomic mass is 10.3. The molecule has 5 heteroatoms. The van der Waals surface area contributed by atoms with Gasteiger partial charge in [0.2, 0.25) is 0 Å². The highest BCUT2D eigenvalue weighted by molar-refractivity contribution is 5.96. The summed E-state index contributed by atoms with van der Waals surface area (Å²) in [6, 6.07) is 3.26. The van der Waals surface area contributed by atoms with E-state index < -0.39 is 5.97 Å². The topological polar surface area (TPSA) is 75.6 Å². The summed E-state index contributed by atoms with van der Waals surface area (Å²) in [6.45, 7) is 1.22. The number of hydrogen-bond acceptors (Lipinski definition) is 3. The molecule has 0 radical (unpaired) electrons. The first kappa shape index (κ1) is 9.09. The molecular weight excluding hydrogens is 170 g/mol. The van der Waals surface area contributed by atoms with E-state index in [1.165, 1.54) is 13.1 Å². The number of rotatable bonds is 1. The van der Waals surface area contributed by atoms with Crippen molar-refractivity contribution < 1.29 is 14.3 Å². The summed E-state index contributed by atoms with van der Waals surface area (Å²) in [5, 5.41) is 0. The summed E-state index contributed by atoms with van der Waals surface area (Å²) in [5.74, 6) is -0.697. The minimum atomic E-state index is -0.545. The highest BCUT2D eigenvalue weighted by atomic mass is 16.5. The van der Waals surface area contributed by atoms with E-state index in [0.29, 0.717) is 5.56 Å². The molecule has 0 fully saturated rings. The summed E-state index contributed by atoms with van der Waals surface area (Å²) in [7, 11) is 0. The summed E-state index contributed by atoms with van der Waals surface area (Å²) < 4.78 is 4.61. The Morgan fingerprint density at radius 1 is 1.69 bits per heavy atom. The van der Waals surface area contributed by atoms with Gasteiger partial charge in [0.05, 0.1) is 0 Å². The molecular formula is C8H7N3O2. The first-order valence-corrected chi connectivity index (χ1v) is 3.55. The van der Waals surface area contributed by atoms with E-state index in [4.69, 9.17) is 5.53 Å². The predicted octanol–water partition coefficient (Wildman–Crippen LogP) is 0.621. The van der Waals surface area contributed by atoms with E-state index in [1.807, 2.05) is 0 Å². The van der Waals surface area contributed by atoms with Crippen LogP contribution in [0.1, 0.15) is 12.5 Å². The number of pyridine rings is 1. The maximum Gasteiger partial charge on any atom is 0.491 e. The quantitative estimate of drug-likeness (QED) is 0.207. The van der Waals surface area contributed by atoms with Crippen LogP contribution in [0.15, 0.2) is 24.5 Å². The van der Waals surface area contributed by atoms with Crippen molar-refractivity contribution in [3.8, 4) is 0 Å². The lowest BCUT2D eigenvalue weighted by Gasteiger charge is -1.93. The Bertz CT molecular complexity index is 355. The number of hydrogen-bond donors (Lipinski definition) is 0. The van der Waals surface area contributed by atoms with Gasteiger partial charge >= 0.3 is 11.9 Å². The Morgan fingerprint density at radius 3 is 2.92 bits per heavy atom. The van der Waals surface area contributed by atoms with Crippen molar-refractivity contribution in [2.75, 3.05) is 0 Å². The van der Waals surface area contributed by atoms with Crippen molar-refractivity contribution in [2.24, 2.45) is 0 Å². The van der Waals surface area contributed by atoms with Crippen LogP contribution in [0.2, 0.25) is 0 Å². The number of carbonyl (C=O) groups is 1. The van der Waals surface area contributed by atoms with Gasteiger partial charge in [-0.25, -0.2) is 0 Å². The highest BCUT2D eigenvalue weighted by Gasteiger charge is 2.15. The lowest BCUT2D eigenvalue weighted by Crippen LogP contribution is -2.11. The fourth-order valence-corrected chi connectivity index (χ4v) is 0.762. The summed E-state index contributed by atoms with van der Waals surface area (Å²) in [4.78, 5) is 17.2. The third-order valence-corrected chi connectivity index (χ3v) is 1.24. The molecule has 0 aromatic carbocycles. The zero-order chi connectivity index (χ0) is 9.68. The van der Waals surface area contributed by atoms with Gasteiger partial charge in [-0.3, -0.25) is 9.78 Å². The van der Waals surface area contributed by atoms with Gasteiger partial charge in [0, 0.05) is 19.3 Å². The van der Waals surface area contributed by atoms with Crippen molar-refractivity contribution in [1.82, 2.24) is 4.98 Å². The van der Waals surface area contributed by atoms with E-state index in [-0.39, 0.29) is 5.90 Å². The fraction of sp³-hybridized carbons (Fsp3) is 0.125. The second-order valence-corrected chi connectivity index (χ2v) is 2.24. The molecule has 1 aromatic heterocycles. The molecule has 13 heavy (non-hydrogen) atoms. The minimum absolute atomic E-state index is 0.152. The molecule has 0 bridgehead atoms. The number of aromatic nitrogens is 1. The second-order valence-electron chi connectivity index (χ2n) is 2.24. The van der Waals surface area contributed by atoms with Crippen molar-refractivity contribution in [3.63, 3.8) is 0 Å². The Kier molecular flexibility index (Phi) is 2.89. The van der Waals surface area contributed by atoms with Gasteiger partial charge in [-0.1, -0.05) is 0 Å². The molecule has 5 nitrogen and oxygen atoms in total. The third-order valence-electron chi connectivity index (χ3n) is 1.24. The van der Waals surface area contributed by atoms with Gasteiger partial charge in [-0.2, -0.15) is 0 Å². The molecule has 1 heterocycles. The van der Waals surface area contributed by atoms with E-state index in [0.717, 1.165) is 0 Å². The molecule has 0 aliphatic carbocycles. The van der Waals surface area contributed by atoms with Gasteiger partial charge in [0.1, 0.15) is 5.56 Å². The van der Waals surface area contributed by atoms with Gasteiger partial charge in [0.25, 0.3) is 0 Å². The summed E-state index contributed by atoms with van der Waals surface area (Å²) in [5.41, 5.74) is 8.96. The Balaban J connectivity index is 2.93. The molecule has 0 aliphatic rings. The van der Waals surface area contributed by atoms with Gasteiger partial charge < -0.3 is 10.3 Å². The van der Waals surface area contributed by atoms with Crippen LogP contribution in [-0.2, 0) is 9.53 Å². The number of ether oxygens (including phenoxy) is 1. The normalized spacial score (nSPS) is 8.69. The second kappa shape index (κ2) is 4.13. The average Bonchev–Trinajstić information content (AvgIpc) is 2.15. The smallest absolute Gasteiger partial charge is 0.358 e. The Labute approximate surface area is 74.6 Å². The zero-order valence-electron chi connectivity index (χ0n) is 6.97. The molecule has 0 atom stereocenters. The molecule has 0 aliphatic heterocycles. The molecule has 0 amide bonds. The van der Waals surface area contributed by atoms with Crippen LogP contribution in [0.3, 0.4) is 0 Å². The lowest BCUT2D eigenvalue weighted by molar-refractivity contribution is -0.137. The van der Waals surface area contributed by atoms with Crippen LogP contribution in [-0.4, -0.2) is 21.6 Å². The van der Waals surface area contributed by atoms with Crippen molar-refractivity contribution >= 4 is 11.9 Å². The first-order valence-electron chi connectivity index (χ1n) is 3.55. The zero-order valence-corrected chi connectivity index (χ0v) is 6.97. The van der Waals surface area contributed by atoms with Crippen LogP contribution >= 0.6 is 0 Å². The fourth-order valence-electron chi connectivity index (χ4n) is 0.762. The van der Waals surface area contributed by atoms with Crippen LogP contribution in [0.25, 0.3) is 5.53 Å².